The molecule has 3 aromatic rings. The largest absolute Gasteiger partial charge is 0.326 e. The smallest absolute Gasteiger partial charge is 0.227 e. The average molecular weight is 411 g/mol. The van der Waals surface area contributed by atoms with Crippen LogP contribution in [0.3, 0.4) is 0 Å². The highest BCUT2D eigenvalue weighted by molar-refractivity contribution is 6.30. The Kier molecular flexibility index (Phi) is 5.81. The van der Waals surface area contributed by atoms with E-state index in [1.807, 2.05) is 31.2 Å². The summed E-state index contributed by atoms with van der Waals surface area (Å²) in [5, 5.41) is 4.55. The highest BCUT2D eigenvalue weighted by Crippen LogP contribution is 2.41. The molecule has 1 saturated carbocycles. The van der Waals surface area contributed by atoms with E-state index in [1.165, 1.54) is 11.6 Å². The zero-order valence-corrected chi connectivity index (χ0v) is 17.1. The predicted octanol–water partition coefficient (Wildman–Crippen LogP) is 6.58. The lowest BCUT2D eigenvalue weighted by Gasteiger charge is -2.32. The van der Waals surface area contributed by atoms with Crippen molar-refractivity contribution in [2.75, 3.05) is 5.32 Å². The van der Waals surface area contributed by atoms with Crippen LogP contribution in [0.25, 0.3) is 10.9 Å². The van der Waals surface area contributed by atoms with Crippen LogP contribution in [0.5, 0.6) is 0 Å². The van der Waals surface area contributed by atoms with Crippen LogP contribution in [0, 0.1) is 17.7 Å². The summed E-state index contributed by atoms with van der Waals surface area (Å²) in [4.78, 5) is 16.9. The Labute approximate surface area is 175 Å². The molecule has 0 bridgehead atoms. The minimum atomic E-state index is -0.273. The van der Waals surface area contributed by atoms with Gasteiger partial charge in [-0.3, -0.25) is 9.78 Å². The molecule has 0 spiro atoms. The number of nitrogens with zero attached hydrogens (tertiary/aromatic N) is 1. The first kappa shape index (κ1) is 19.8. The molecule has 1 aliphatic rings. The third-order valence-electron chi connectivity index (χ3n) is 6.20. The standard InChI is InChI=1S/C24H24ClFN2O/c1-15(24(29)28-19-11-9-18(25)10-12-19)16-5-7-17(8-6-16)20-13-14-27-23-21(20)3-2-4-22(23)26/h2-4,9-17H,5-8H2,1H3,(H,28,29)/t15-,16-,17-/m1/s1. The van der Waals surface area contributed by atoms with Crippen molar-refractivity contribution < 1.29 is 9.18 Å². The molecule has 5 heteroatoms. The molecule has 1 aliphatic carbocycles. The van der Waals surface area contributed by atoms with Crippen LogP contribution in [0.15, 0.2) is 54.7 Å². The summed E-state index contributed by atoms with van der Waals surface area (Å²) in [6.45, 7) is 2.01. The molecular weight excluding hydrogens is 387 g/mol. The molecule has 1 N–H and O–H groups in total. The summed E-state index contributed by atoms with van der Waals surface area (Å²) in [6.07, 6.45) is 5.67. The van der Waals surface area contributed by atoms with E-state index in [0.29, 0.717) is 22.4 Å². The second kappa shape index (κ2) is 8.50. The van der Waals surface area contributed by atoms with Gasteiger partial charge in [0, 0.05) is 28.2 Å². The fourth-order valence-electron chi connectivity index (χ4n) is 4.45. The third kappa shape index (κ3) is 4.27. The van der Waals surface area contributed by atoms with Crippen LogP contribution in [0.4, 0.5) is 10.1 Å². The zero-order chi connectivity index (χ0) is 20.4. The Morgan fingerprint density at radius 1 is 1.10 bits per heavy atom. The van der Waals surface area contributed by atoms with Gasteiger partial charge in [-0.1, -0.05) is 30.7 Å². The lowest BCUT2D eigenvalue weighted by molar-refractivity contribution is -0.121. The molecule has 0 unspecified atom stereocenters. The van der Waals surface area contributed by atoms with Gasteiger partial charge in [-0.2, -0.15) is 0 Å². The molecule has 0 saturated heterocycles. The molecule has 150 valence electrons. The van der Waals surface area contributed by atoms with Crippen molar-refractivity contribution in [2.24, 2.45) is 11.8 Å². The predicted molar refractivity (Wildman–Crippen MR) is 116 cm³/mol. The summed E-state index contributed by atoms with van der Waals surface area (Å²) < 4.78 is 14.1. The first-order valence-corrected chi connectivity index (χ1v) is 10.5. The van der Waals surface area contributed by atoms with Crippen molar-refractivity contribution in [1.82, 2.24) is 4.98 Å². The van der Waals surface area contributed by atoms with Crippen LogP contribution in [-0.2, 0) is 4.79 Å². The number of carbonyl (C=O) groups is 1. The zero-order valence-electron chi connectivity index (χ0n) is 16.4. The second-order valence-corrected chi connectivity index (χ2v) is 8.37. The number of benzene rings is 2. The van der Waals surface area contributed by atoms with Gasteiger partial charge in [-0.15, -0.1) is 0 Å². The fraction of sp³-hybridized carbons (Fsp3) is 0.333. The van der Waals surface area contributed by atoms with Gasteiger partial charge in [0.2, 0.25) is 5.91 Å². The average Bonchev–Trinajstić information content (AvgIpc) is 2.75. The van der Waals surface area contributed by atoms with Crippen molar-refractivity contribution >= 4 is 34.1 Å². The molecule has 29 heavy (non-hydrogen) atoms. The van der Waals surface area contributed by atoms with Crippen LogP contribution >= 0.6 is 11.6 Å². The third-order valence-corrected chi connectivity index (χ3v) is 6.45. The van der Waals surface area contributed by atoms with Crippen LogP contribution in [0.1, 0.15) is 44.1 Å². The number of hydrogen-bond donors (Lipinski definition) is 1. The number of rotatable bonds is 4. The molecule has 3 nitrogen and oxygen atoms in total. The van der Waals surface area contributed by atoms with E-state index < -0.39 is 0 Å². The highest BCUT2D eigenvalue weighted by Gasteiger charge is 2.30. The molecule has 2 aromatic carbocycles. The Bertz CT molecular complexity index is 1010. The summed E-state index contributed by atoms with van der Waals surface area (Å²) in [5.41, 5.74) is 2.39. The lowest BCUT2D eigenvalue weighted by Crippen LogP contribution is -2.29. The molecule has 4 rings (SSSR count). The molecule has 1 amide bonds. The van der Waals surface area contributed by atoms with Crippen LogP contribution in [-0.4, -0.2) is 10.9 Å². The first-order valence-electron chi connectivity index (χ1n) is 10.1. The minimum absolute atomic E-state index is 0.0483. The van der Waals surface area contributed by atoms with E-state index in [1.54, 1.807) is 24.4 Å². The molecule has 0 radical (unpaired) electrons. The van der Waals surface area contributed by atoms with Crippen LogP contribution in [0.2, 0.25) is 5.02 Å². The topological polar surface area (TPSA) is 42.0 Å². The van der Waals surface area contributed by atoms with Gasteiger partial charge < -0.3 is 5.32 Å². The fourth-order valence-corrected chi connectivity index (χ4v) is 4.58. The number of carbonyl (C=O) groups excluding carboxylic acids is 1. The number of amides is 1. The van der Waals surface area contributed by atoms with Crippen molar-refractivity contribution in [3.8, 4) is 0 Å². The van der Waals surface area contributed by atoms with Crippen LogP contribution < -0.4 is 5.32 Å². The number of hydrogen-bond acceptors (Lipinski definition) is 2. The molecule has 1 fully saturated rings. The summed E-state index contributed by atoms with van der Waals surface area (Å²) in [6, 6.07) is 14.4. The Hall–Kier alpha value is -2.46. The maximum absolute atomic E-state index is 14.1. The Balaban J connectivity index is 1.41. The van der Waals surface area contributed by atoms with Gasteiger partial charge in [0.25, 0.3) is 0 Å². The monoisotopic (exact) mass is 410 g/mol. The molecular formula is C24H24ClFN2O. The maximum atomic E-state index is 14.1. The van der Waals surface area contributed by atoms with E-state index in [2.05, 4.69) is 10.3 Å². The van der Waals surface area contributed by atoms with E-state index in [9.17, 15) is 9.18 Å². The van der Waals surface area contributed by atoms with Gasteiger partial charge in [0.05, 0.1) is 0 Å². The number of fused-ring (bicyclic) bond motifs is 1. The van der Waals surface area contributed by atoms with Crippen molar-refractivity contribution in [3.05, 3.63) is 71.1 Å². The number of halogens is 2. The van der Waals surface area contributed by atoms with Gasteiger partial charge in [-0.05, 0) is 79.5 Å². The molecule has 1 aromatic heterocycles. The second-order valence-electron chi connectivity index (χ2n) is 7.93. The summed E-state index contributed by atoms with van der Waals surface area (Å²) in [5.74, 6) is 0.449. The minimum Gasteiger partial charge on any atom is -0.326 e. The maximum Gasteiger partial charge on any atom is 0.227 e. The number of para-hydroxylation sites is 1. The Morgan fingerprint density at radius 2 is 1.83 bits per heavy atom. The van der Waals surface area contributed by atoms with Gasteiger partial charge >= 0.3 is 0 Å². The summed E-state index contributed by atoms with van der Waals surface area (Å²) in [7, 11) is 0. The lowest BCUT2D eigenvalue weighted by atomic mass is 9.73. The summed E-state index contributed by atoms with van der Waals surface area (Å²) >= 11 is 5.90. The quantitative estimate of drug-likeness (QED) is 0.528. The highest BCUT2D eigenvalue weighted by atomic mass is 35.5. The Morgan fingerprint density at radius 3 is 2.55 bits per heavy atom. The first-order chi connectivity index (χ1) is 14.0. The molecule has 1 heterocycles. The SMILES string of the molecule is C[C@@H](C(=O)Nc1ccc(Cl)cc1)[C@H]1CC[C@H](c2ccnc3c(F)cccc32)CC1. The number of aromatic nitrogens is 1. The van der Waals surface area contributed by atoms with E-state index in [0.717, 1.165) is 36.8 Å². The van der Waals surface area contributed by atoms with E-state index in [-0.39, 0.29) is 17.6 Å². The van der Waals surface area contributed by atoms with E-state index >= 15 is 0 Å². The normalized spacial score (nSPS) is 20.4. The van der Waals surface area contributed by atoms with Gasteiger partial charge in [0.15, 0.2) is 0 Å². The number of anilines is 1. The molecule has 1 atom stereocenters. The van der Waals surface area contributed by atoms with Gasteiger partial charge in [0.1, 0.15) is 11.3 Å². The van der Waals surface area contributed by atoms with Crippen molar-refractivity contribution in [2.45, 2.75) is 38.5 Å². The molecule has 0 aliphatic heterocycles. The number of pyridine rings is 1. The van der Waals surface area contributed by atoms with E-state index in [4.69, 9.17) is 11.6 Å². The van der Waals surface area contributed by atoms with Gasteiger partial charge in [-0.25, -0.2) is 4.39 Å². The number of nitrogens with one attached hydrogen (secondary N) is 1. The van der Waals surface area contributed by atoms with Crippen molar-refractivity contribution in [3.63, 3.8) is 0 Å². The van der Waals surface area contributed by atoms with Crippen molar-refractivity contribution in [1.29, 1.82) is 0 Å².